The maximum absolute atomic E-state index is 13.2. The van der Waals surface area contributed by atoms with Gasteiger partial charge in [0, 0.05) is 37.5 Å². The summed E-state index contributed by atoms with van der Waals surface area (Å²) in [5, 5.41) is 7.21. The zero-order valence-corrected chi connectivity index (χ0v) is 19.1. The Morgan fingerprint density at radius 3 is 2.82 bits per heavy atom. The minimum absolute atomic E-state index is 0.0444. The zero-order chi connectivity index (χ0) is 23.5. The number of aryl methyl sites for hydroxylation is 1. The van der Waals surface area contributed by atoms with Crippen molar-refractivity contribution in [3.63, 3.8) is 0 Å². The molecule has 2 amide bonds. The van der Waals surface area contributed by atoms with Gasteiger partial charge in [0.1, 0.15) is 6.10 Å². The summed E-state index contributed by atoms with van der Waals surface area (Å²) >= 11 is 0. The average molecular weight is 461 g/mol. The number of nitrogens with zero attached hydrogens (tertiary/aromatic N) is 3. The first-order valence-electron chi connectivity index (χ1n) is 11.6. The van der Waals surface area contributed by atoms with E-state index in [9.17, 15) is 9.59 Å². The van der Waals surface area contributed by atoms with Crippen LogP contribution in [0.4, 0.5) is 0 Å². The molecule has 0 bridgehead atoms. The lowest BCUT2D eigenvalue weighted by atomic mass is 10.1. The van der Waals surface area contributed by atoms with Crippen molar-refractivity contribution in [3.05, 3.63) is 78.5 Å². The lowest BCUT2D eigenvalue weighted by Gasteiger charge is -2.29. The normalized spacial score (nSPS) is 22.1. The molecule has 1 fully saturated rings. The molecule has 176 valence electrons. The first-order chi connectivity index (χ1) is 16.6. The monoisotopic (exact) mass is 460 g/mol. The second-order valence-corrected chi connectivity index (χ2v) is 8.83. The van der Waals surface area contributed by atoms with E-state index in [1.54, 1.807) is 21.8 Å². The Morgan fingerprint density at radius 1 is 1.18 bits per heavy atom. The van der Waals surface area contributed by atoms with E-state index in [1.807, 2.05) is 43.6 Å². The molecular formula is C26H28N4O4. The van der Waals surface area contributed by atoms with Gasteiger partial charge in [0.2, 0.25) is 5.91 Å². The third kappa shape index (κ3) is 4.82. The van der Waals surface area contributed by atoms with E-state index in [2.05, 4.69) is 22.5 Å². The smallest absolute Gasteiger partial charge is 0.290 e. The van der Waals surface area contributed by atoms with Crippen LogP contribution in [0, 0.1) is 0 Å². The Morgan fingerprint density at radius 2 is 2.03 bits per heavy atom. The van der Waals surface area contributed by atoms with Crippen molar-refractivity contribution in [3.8, 4) is 11.1 Å². The average Bonchev–Trinajstić information content (AvgIpc) is 3.60. The molecule has 1 N–H and O–H groups in total. The molecule has 2 aromatic heterocycles. The zero-order valence-electron chi connectivity index (χ0n) is 19.1. The second kappa shape index (κ2) is 9.69. The number of amides is 2. The summed E-state index contributed by atoms with van der Waals surface area (Å²) in [4.78, 5) is 27.7. The number of carbonyl (C=O) groups excluding carboxylic acids is 2. The van der Waals surface area contributed by atoms with Crippen LogP contribution in [0.1, 0.15) is 29.0 Å². The van der Waals surface area contributed by atoms with Gasteiger partial charge in [-0.3, -0.25) is 14.3 Å². The van der Waals surface area contributed by atoms with Crippen molar-refractivity contribution in [2.24, 2.45) is 7.05 Å². The molecule has 5 rings (SSSR count). The molecule has 0 radical (unpaired) electrons. The van der Waals surface area contributed by atoms with Gasteiger partial charge in [0.15, 0.2) is 5.76 Å². The first-order valence-corrected chi connectivity index (χ1v) is 11.6. The van der Waals surface area contributed by atoms with Crippen LogP contribution in [0.3, 0.4) is 0 Å². The number of aromatic nitrogens is 2. The van der Waals surface area contributed by atoms with Crippen molar-refractivity contribution >= 4 is 11.8 Å². The largest absolute Gasteiger partial charge is 0.459 e. The Kier molecular flexibility index (Phi) is 6.31. The number of hydrogen-bond acceptors (Lipinski definition) is 5. The molecule has 1 saturated heterocycles. The van der Waals surface area contributed by atoms with E-state index >= 15 is 0 Å². The molecule has 2 aliphatic heterocycles. The molecule has 0 spiro atoms. The predicted molar refractivity (Wildman–Crippen MR) is 126 cm³/mol. The van der Waals surface area contributed by atoms with Crippen LogP contribution in [-0.4, -0.2) is 57.8 Å². The summed E-state index contributed by atoms with van der Waals surface area (Å²) < 4.78 is 13.3. The fourth-order valence-electron chi connectivity index (χ4n) is 4.59. The summed E-state index contributed by atoms with van der Waals surface area (Å²) in [6.07, 6.45) is 10.8. The number of nitrogens with one attached hydrogen (secondary N) is 1. The fraction of sp³-hybridized carbons (Fsp3) is 0.346. The summed E-state index contributed by atoms with van der Waals surface area (Å²) in [5.41, 5.74) is 2.74. The van der Waals surface area contributed by atoms with E-state index in [0.717, 1.165) is 18.4 Å². The van der Waals surface area contributed by atoms with Crippen molar-refractivity contribution in [1.82, 2.24) is 20.0 Å². The highest BCUT2D eigenvalue weighted by atomic mass is 16.5. The highest BCUT2D eigenvalue weighted by Gasteiger charge is 2.33. The SMILES string of the molecule is Cn1cc(-c2ccoc2C(=O)N2CC=CC(NC(=O)[C@@H]3CC[C@H](Cc4ccccc4)O3)C2)cn1. The molecule has 0 saturated carbocycles. The molecule has 3 aromatic rings. The first kappa shape index (κ1) is 22.2. The molecule has 1 unspecified atom stereocenters. The number of benzene rings is 1. The van der Waals surface area contributed by atoms with Gasteiger partial charge in [0.05, 0.1) is 24.6 Å². The minimum atomic E-state index is -0.463. The van der Waals surface area contributed by atoms with E-state index in [0.29, 0.717) is 25.1 Å². The third-order valence-electron chi connectivity index (χ3n) is 6.31. The van der Waals surface area contributed by atoms with Crippen LogP contribution in [0.2, 0.25) is 0 Å². The molecular weight excluding hydrogens is 432 g/mol. The van der Waals surface area contributed by atoms with E-state index in [-0.39, 0.29) is 29.7 Å². The second-order valence-electron chi connectivity index (χ2n) is 8.83. The van der Waals surface area contributed by atoms with Crippen molar-refractivity contribution in [1.29, 1.82) is 0 Å². The predicted octanol–water partition coefficient (Wildman–Crippen LogP) is 2.97. The third-order valence-corrected chi connectivity index (χ3v) is 6.31. The minimum Gasteiger partial charge on any atom is -0.459 e. The summed E-state index contributed by atoms with van der Waals surface area (Å²) in [6.45, 7) is 0.825. The van der Waals surface area contributed by atoms with Crippen LogP contribution in [0.15, 0.2) is 71.6 Å². The van der Waals surface area contributed by atoms with Crippen LogP contribution in [0.25, 0.3) is 11.1 Å². The van der Waals surface area contributed by atoms with Crippen LogP contribution < -0.4 is 5.32 Å². The Bertz CT molecular complexity index is 1180. The standard InChI is InChI=1S/C26H28N4O4/c1-29-16-19(15-27-29)22-11-13-33-24(22)26(32)30-12-5-8-20(17-30)28-25(31)23-10-9-21(34-23)14-18-6-3-2-4-7-18/h2-8,11,13,15-16,20-21,23H,9-10,12,14,17H2,1H3,(H,28,31)/t20?,21-,23+/m1/s1. The molecule has 0 aliphatic carbocycles. The molecule has 3 atom stereocenters. The van der Waals surface area contributed by atoms with Gasteiger partial charge in [-0.2, -0.15) is 5.10 Å². The van der Waals surface area contributed by atoms with Gasteiger partial charge in [-0.1, -0.05) is 42.5 Å². The maximum atomic E-state index is 13.2. The molecule has 4 heterocycles. The van der Waals surface area contributed by atoms with Crippen LogP contribution in [0.5, 0.6) is 0 Å². The fourth-order valence-corrected chi connectivity index (χ4v) is 4.59. The number of carbonyl (C=O) groups is 2. The van der Waals surface area contributed by atoms with Gasteiger partial charge in [-0.05, 0) is 30.9 Å². The van der Waals surface area contributed by atoms with Crippen molar-refractivity contribution < 1.29 is 18.7 Å². The highest BCUT2D eigenvalue weighted by molar-refractivity contribution is 5.98. The van der Waals surface area contributed by atoms with Gasteiger partial charge in [-0.25, -0.2) is 0 Å². The molecule has 34 heavy (non-hydrogen) atoms. The van der Waals surface area contributed by atoms with E-state index < -0.39 is 6.10 Å². The molecule has 8 heteroatoms. The topological polar surface area (TPSA) is 89.6 Å². The number of furan rings is 1. The highest BCUT2D eigenvalue weighted by Crippen LogP contribution is 2.26. The number of rotatable bonds is 6. The lowest BCUT2D eigenvalue weighted by molar-refractivity contribution is -0.132. The van der Waals surface area contributed by atoms with Crippen molar-refractivity contribution in [2.45, 2.75) is 37.5 Å². The summed E-state index contributed by atoms with van der Waals surface area (Å²) in [6, 6.07) is 11.7. The number of ether oxygens (including phenoxy) is 1. The van der Waals surface area contributed by atoms with Gasteiger partial charge < -0.3 is 19.4 Å². The van der Waals surface area contributed by atoms with Crippen LogP contribution >= 0.6 is 0 Å². The number of hydrogen-bond donors (Lipinski definition) is 1. The Hall–Kier alpha value is -3.65. The lowest BCUT2D eigenvalue weighted by Crippen LogP contribution is -2.49. The Balaban J connectivity index is 1.17. The van der Waals surface area contributed by atoms with Gasteiger partial charge in [-0.15, -0.1) is 0 Å². The van der Waals surface area contributed by atoms with Crippen molar-refractivity contribution in [2.75, 3.05) is 13.1 Å². The molecule has 8 nitrogen and oxygen atoms in total. The molecule has 2 aliphatic rings. The maximum Gasteiger partial charge on any atom is 0.290 e. The quantitative estimate of drug-likeness (QED) is 0.572. The van der Waals surface area contributed by atoms with Gasteiger partial charge in [0.25, 0.3) is 5.91 Å². The van der Waals surface area contributed by atoms with E-state index in [1.165, 1.54) is 11.8 Å². The van der Waals surface area contributed by atoms with E-state index in [4.69, 9.17) is 9.15 Å². The Labute approximate surface area is 198 Å². The van der Waals surface area contributed by atoms with Gasteiger partial charge >= 0.3 is 0 Å². The summed E-state index contributed by atoms with van der Waals surface area (Å²) in [7, 11) is 1.83. The summed E-state index contributed by atoms with van der Waals surface area (Å²) in [5.74, 6) is -0.0719. The molecule has 1 aromatic carbocycles. The van der Waals surface area contributed by atoms with Crippen LogP contribution in [-0.2, 0) is 23.0 Å².